The maximum atomic E-state index is 13.8. The van der Waals surface area contributed by atoms with Gasteiger partial charge in [-0.05, 0) is 82.8 Å². The van der Waals surface area contributed by atoms with E-state index in [9.17, 15) is 9.59 Å². The summed E-state index contributed by atoms with van der Waals surface area (Å²) in [5, 5.41) is 0. The maximum absolute atomic E-state index is 13.8. The molecule has 2 aromatic rings. The summed E-state index contributed by atoms with van der Waals surface area (Å²) in [5.74, 6) is -0.143. The number of nitrogens with zero attached hydrogens (tertiary/aromatic N) is 2. The summed E-state index contributed by atoms with van der Waals surface area (Å²) >= 11 is 10.2. The largest absolute Gasteiger partial charge is 0.303 e. The maximum Gasteiger partial charge on any atom is 0.261 e. The van der Waals surface area contributed by atoms with Crippen molar-refractivity contribution in [3.63, 3.8) is 0 Å². The van der Waals surface area contributed by atoms with E-state index in [4.69, 9.17) is 0 Å². The molecule has 0 saturated heterocycles. The minimum absolute atomic E-state index is 0.000135. The van der Waals surface area contributed by atoms with Crippen LogP contribution in [0.1, 0.15) is 50.3 Å². The van der Waals surface area contributed by atoms with Crippen molar-refractivity contribution in [3.8, 4) is 0 Å². The van der Waals surface area contributed by atoms with Crippen LogP contribution in [0.5, 0.6) is 0 Å². The standard InChI is InChI=1S/C22H22Br2N2O2S2/c1-5-11(3)25-19(13-7-9-15(23)29-13)17-18(21(25)27)20(14-8-10-16(24)30-14)26(22(17)28)12(4)6-2/h7-12H,5-6H2,1-4H3. The number of amides is 2. The summed E-state index contributed by atoms with van der Waals surface area (Å²) in [7, 11) is 0. The van der Waals surface area contributed by atoms with E-state index in [2.05, 4.69) is 45.7 Å². The molecule has 2 unspecified atom stereocenters. The zero-order chi connectivity index (χ0) is 21.7. The number of hydrogen-bond donors (Lipinski definition) is 0. The fourth-order valence-electron chi connectivity index (χ4n) is 3.91. The lowest BCUT2D eigenvalue weighted by atomic mass is 10.1. The Morgan fingerprint density at radius 1 is 0.767 bits per heavy atom. The molecule has 158 valence electrons. The van der Waals surface area contributed by atoms with Gasteiger partial charge in [0, 0.05) is 12.1 Å². The van der Waals surface area contributed by atoms with Crippen molar-refractivity contribution in [2.24, 2.45) is 0 Å². The van der Waals surface area contributed by atoms with Crippen molar-refractivity contribution in [2.75, 3.05) is 0 Å². The first-order valence-corrected chi connectivity index (χ1v) is 13.2. The van der Waals surface area contributed by atoms with Crippen molar-refractivity contribution in [1.82, 2.24) is 9.80 Å². The van der Waals surface area contributed by atoms with Crippen LogP contribution in [0.15, 0.2) is 43.0 Å². The van der Waals surface area contributed by atoms with Gasteiger partial charge in [0.1, 0.15) is 0 Å². The Labute approximate surface area is 201 Å². The molecule has 4 heterocycles. The van der Waals surface area contributed by atoms with E-state index in [0.29, 0.717) is 11.1 Å². The molecule has 0 N–H and O–H groups in total. The molecule has 0 fully saturated rings. The average Bonchev–Trinajstić information content (AvgIpc) is 3.46. The third-order valence-corrected chi connectivity index (χ3v) is 9.01. The Morgan fingerprint density at radius 3 is 1.40 bits per heavy atom. The zero-order valence-electron chi connectivity index (χ0n) is 17.2. The van der Waals surface area contributed by atoms with Crippen LogP contribution in [0.25, 0.3) is 11.4 Å². The summed E-state index contributed by atoms with van der Waals surface area (Å²) in [6.07, 6.45) is 1.62. The number of hydrogen-bond acceptors (Lipinski definition) is 4. The van der Waals surface area contributed by atoms with E-state index in [1.54, 1.807) is 22.7 Å². The van der Waals surface area contributed by atoms with Gasteiger partial charge in [-0.25, -0.2) is 0 Å². The lowest BCUT2D eigenvalue weighted by Gasteiger charge is -2.30. The van der Waals surface area contributed by atoms with Gasteiger partial charge < -0.3 is 9.80 Å². The second-order valence-corrected chi connectivity index (χ2v) is 12.4. The van der Waals surface area contributed by atoms with Crippen LogP contribution in [-0.4, -0.2) is 33.7 Å². The highest BCUT2D eigenvalue weighted by Gasteiger charge is 2.51. The van der Waals surface area contributed by atoms with Crippen molar-refractivity contribution in [1.29, 1.82) is 0 Å². The lowest BCUT2D eigenvalue weighted by Crippen LogP contribution is -2.37. The van der Waals surface area contributed by atoms with Crippen molar-refractivity contribution < 1.29 is 9.59 Å². The van der Waals surface area contributed by atoms with Crippen LogP contribution < -0.4 is 0 Å². The Hall–Kier alpha value is -1.22. The molecule has 2 amide bonds. The van der Waals surface area contributed by atoms with E-state index < -0.39 is 0 Å². The van der Waals surface area contributed by atoms with Gasteiger partial charge in [-0.2, -0.15) is 0 Å². The van der Waals surface area contributed by atoms with Gasteiger partial charge in [0.2, 0.25) is 0 Å². The third-order valence-electron chi connectivity index (χ3n) is 5.75. The molecule has 2 aliphatic rings. The monoisotopic (exact) mass is 568 g/mol. The molecular formula is C22H22Br2N2O2S2. The summed E-state index contributed by atoms with van der Waals surface area (Å²) < 4.78 is 1.96. The van der Waals surface area contributed by atoms with Crippen LogP contribution in [0, 0.1) is 0 Å². The Bertz CT molecular complexity index is 1010. The topological polar surface area (TPSA) is 40.6 Å². The van der Waals surface area contributed by atoms with Gasteiger partial charge in [-0.15, -0.1) is 22.7 Å². The molecule has 2 aromatic heterocycles. The highest BCUT2D eigenvalue weighted by molar-refractivity contribution is 9.11. The molecule has 2 atom stereocenters. The summed E-state index contributed by atoms with van der Waals surface area (Å²) in [6.45, 7) is 8.22. The molecule has 4 rings (SSSR count). The second-order valence-electron chi connectivity index (χ2n) is 7.52. The second kappa shape index (κ2) is 8.37. The third kappa shape index (κ3) is 3.36. The number of fused-ring (bicyclic) bond motifs is 1. The summed E-state index contributed by atoms with van der Waals surface area (Å²) in [4.78, 5) is 33.1. The highest BCUT2D eigenvalue weighted by Crippen LogP contribution is 2.50. The average molecular weight is 570 g/mol. The first kappa shape index (κ1) is 22.0. The minimum Gasteiger partial charge on any atom is -0.303 e. The normalized spacial score (nSPS) is 18.7. The fourth-order valence-corrected chi connectivity index (χ4v) is 6.78. The van der Waals surface area contributed by atoms with Gasteiger partial charge in [0.25, 0.3) is 11.8 Å². The van der Waals surface area contributed by atoms with Gasteiger partial charge in [-0.3, -0.25) is 9.59 Å². The lowest BCUT2D eigenvalue weighted by molar-refractivity contribution is -0.125. The molecule has 0 bridgehead atoms. The van der Waals surface area contributed by atoms with E-state index in [0.717, 1.165) is 41.6 Å². The Balaban J connectivity index is 2.04. The zero-order valence-corrected chi connectivity index (χ0v) is 22.0. The number of carbonyl (C=O) groups excluding carboxylic acids is 2. The van der Waals surface area contributed by atoms with E-state index in [1.165, 1.54) is 0 Å². The molecule has 0 spiro atoms. The van der Waals surface area contributed by atoms with Crippen LogP contribution in [0.2, 0.25) is 0 Å². The Morgan fingerprint density at radius 2 is 1.13 bits per heavy atom. The minimum atomic E-state index is -0.0717. The molecular weight excluding hydrogens is 548 g/mol. The predicted octanol–water partition coefficient (Wildman–Crippen LogP) is 6.74. The van der Waals surface area contributed by atoms with Crippen molar-refractivity contribution >= 4 is 77.7 Å². The first-order valence-electron chi connectivity index (χ1n) is 9.97. The molecule has 0 radical (unpaired) electrons. The molecule has 0 saturated carbocycles. The van der Waals surface area contributed by atoms with E-state index in [-0.39, 0.29) is 23.9 Å². The molecule has 30 heavy (non-hydrogen) atoms. The first-order chi connectivity index (χ1) is 14.3. The number of thiophene rings is 2. The smallest absolute Gasteiger partial charge is 0.261 e. The summed E-state index contributed by atoms with van der Waals surface area (Å²) in [5.41, 5.74) is 2.61. The van der Waals surface area contributed by atoms with Gasteiger partial charge in [0.15, 0.2) is 0 Å². The van der Waals surface area contributed by atoms with Crippen LogP contribution in [0.4, 0.5) is 0 Å². The fraction of sp³-hybridized carbons (Fsp3) is 0.364. The number of rotatable bonds is 6. The highest BCUT2D eigenvalue weighted by atomic mass is 79.9. The summed E-state index contributed by atoms with van der Waals surface area (Å²) in [6, 6.07) is 7.92. The molecule has 8 heteroatoms. The van der Waals surface area contributed by atoms with Crippen molar-refractivity contribution in [3.05, 3.63) is 52.7 Å². The number of halogens is 2. The van der Waals surface area contributed by atoms with Gasteiger partial charge >= 0.3 is 0 Å². The number of carbonyl (C=O) groups is 2. The SMILES string of the molecule is CCC(C)N1C(=O)C2=C(c3ccc(Br)s3)N(C(C)CC)C(=O)C2=C1c1ccc(Br)s1. The Kier molecular flexibility index (Phi) is 6.14. The van der Waals surface area contributed by atoms with Crippen molar-refractivity contribution in [2.45, 2.75) is 52.6 Å². The molecule has 4 nitrogen and oxygen atoms in total. The molecule has 0 aliphatic carbocycles. The van der Waals surface area contributed by atoms with Crippen LogP contribution in [-0.2, 0) is 9.59 Å². The van der Waals surface area contributed by atoms with E-state index >= 15 is 0 Å². The van der Waals surface area contributed by atoms with Crippen LogP contribution >= 0.6 is 54.5 Å². The van der Waals surface area contributed by atoms with Crippen LogP contribution in [0.3, 0.4) is 0 Å². The molecule has 0 aromatic carbocycles. The predicted molar refractivity (Wildman–Crippen MR) is 131 cm³/mol. The molecule has 2 aliphatic heterocycles. The van der Waals surface area contributed by atoms with Gasteiger partial charge in [-0.1, -0.05) is 13.8 Å². The van der Waals surface area contributed by atoms with Gasteiger partial charge in [0.05, 0.1) is 39.9 Å². The van der Waals surface area contributed by atoms with E-state index in [1.807, 2.05) is 47.9 Å². The quantitative estimate of drug-likeness (QED) is 0.386.